The van der Waals surface area contributed by atoms with Crippen molar-refractivity contribution in [3.63, 3.8) is 0 Å². The zero-order chi connectivity index (χ0) is 20.7. The number of anilines is 1. The summed E-state index contributed by atoms with van der Waals surface area (Å²) in [5, 5.41) is 2.62. The predicted octanol–water partition coefficient (Wildman–Crippen LogP) is 0.840. The van der Waals surface area contributed by atoms with Crippen molar-refractivity contribution in [1.29, 1.82) is 0 Å². The van der Waals surface area contributed by atoms with Gasteiger partial charge in [-0.3, -0.25) is 9.69 Å². The molecule has 0 unspecified atom stereocenters. The number of amides is 1. The van der Waals surface area contributed by atoms with E-state index in [1.54, 1.807) is 16.4 Å². The third-order valence-electron chi connectivity index (χ3n) is 5.33. The van der Waals surface area contributed by atoms with Crippen molar-refractivity contribution in [2.45, 2.75) is 11.3 Å². The summed E-state index contributed by atoms with van der Waals surface area (Å²) >= 11 is 0. The summed E-state index contributed by atoms with van der Waals surface area (Å²) in [6, 6.07) is 6.25. The number of hydrogen-bond acceptors (Lipinski definition) is 6. The average molecular weight is 423 g/mol. The Morgan fingerprint density at radius 2 is 1.59 bits per heavy atom. The third-order valence-corrected chi connectivity index (χ3v) is 7.24. The van der Waals surface area contributed by atoms with E-state index in [2.05, 4.69) is 21.7 Å². The van der Waals surface area contributed by atoms with Crippen LogP contribution in [0.5, 0.6) is 0 Å². The van der Waals surface area contributed by atoms with Crippen molar-refractivity contribution >= 4 is 21.6 Å². The lowest BCUT2D eigenvalue weighted by molar-refractivity contribution is -0.111. The first kappa shape index (κ1) is 21.9. The maximum absolute atomic E-state index is 12.9. The summed E-state index contributed by atoms with van der Waals surface area (Å²) in [6.07, 6.45) is 2.26. The monoisotopic (exact) mass is 422 g/mol. The number of sulfonamides is 1. The molecule has 0 radical (unpaired) electrons. The lowest BCUT2D eigenvalue weighted by Crippen LogP contribution is -2.49. The van der Waals surface area contributed by atoms with Gasteiger partial charge in [-0.2, -0.15) is 4.31 Å². The Hall–Kier alpha value is -1.78. The fourth-order valence-electron chi connectivity index (χ4n) is 3.59. The van der Waals surface area contributed by atoms with E-state index in [9.17, 15) is 13.2 Å². The Morgan fingerprint density at radius 3 is 2.17 bits per heavy atom. The zero-order valence-corrected chi connectivity index (χ0v) is 17.6. The number of benzene rings is 1. The highest BCUT2D eigenvalue weighted by atomic mass is 32.2. The molecule has 2 aliphatic rings. The smallest absolute Gasteiger partial charge is 0.247 e. The molecule has 1 N–H and O–H groups in total. The van der Waals surface area contributed by atoms with Gasteiger partial charge in [0, 0.05) is 45.0 Å². The van der Waals surface area contributed by atoms with E-state index >= 15 is 0 Å². The van der Waals surface area contributed by atoms with E-state index in [0.29, 0.717) is 18.8 Å². The highest BCUT2D eigenvalue weighted by molar-refractivity contribution is 7.89. The van der Waals surface area contributed by atoms with Gasteiger partial charge < -0.3 is 15.0 Å². The van der Waals surface area contributed by atoms with Crippen molar-refractivity contribution in [3.8, 4) is 0 Å². The van der Waals surface area contributed by atoms with Gasteiger partial charge in [0.05, 0.1) is 18.1 Å². The van der Waals surface area contributed by atoms with E-state index in [1.165, 1.54) is 18.2 Å². The number of morpholine rings is 1. The van der Waals surface area contributed by atoms with Gasteiger partial charge in [0.15, 0.2) is 0 Å². The molecule has 2 aliphatic heterocycles. The molecule has 1 aromatic rings. The largest absolute Gasteiger partial charge is 0.379 e. The lowest BCUT2D eigenvalue weighted by atomic mass is 10.3. The van der Waals surface area contributed by atoms with E-state index in [-0.39, 0.29) is 10.8 Å². The van der Waals surface area contributed by atoms with Gasteiger partial charge in [0.2, 0.25) is 15.9 Å². The lowest BCUT2D eigenvalue weighted by Gasteiger charge is -2.34. The molecule has 1 aromatic carbocycles. The predicted molar refractivity (Wildman–Crippen MR) is 112 cm³/mol. The molecule has 0 bridgehead atoms. The van der Waals surface area contributed by atoms with Crippen LogP contribution in [0.1, 0.15) is 6.42 Å². The summed E-state index contributed by atoms with van der Waals surface area (Å²) in [7, 11) is -3.52. The molecule has 0 saturated carbocycles. The maximum atomic E-state index is 12.9. The number of nitrogens with one attached hydrogen (secondary N) is 1. The highest BCUT2D eigenvalue weighted by Crippen LogP contribution is 2.20. The number of carbonyl (C=O) groups is 1. The maximum Gasteiger partial charge on any atom is 0.247 e. The number of ether oxygens (including phenoxy) is 1. The number of piperazine rings is 1. The van der Waals surface area contributed by atoms with Crippen LogP contribution in [0, 0.1) is 0 Å². The Kier molecular flexibility index (Phi) is 7.79. The first-order chi connectivity index (χ1) is 14.0. The molecule has 2 saturated heterocycles. The highest BCUT2D eigenvalue weighted by Gasteiger charge is 2.28. The second kappa shape index (κ2) is 10.3. The Bertz CT molecular complexity index is 783. The van der Waals surface area contributed by atoms with Crippen LogP contribution in [0.25, 0.3) is 0 Å². The van der Waals surface area contributed by atoms with Crippen LogP contribution in [0.15, 0.2) is 41.8 Å². The number of hydrogen-bond donors (Lipinski definition) is 1. The van der Waals surface area contributed by atoms with Crippen LogP contribution in [-0.2, 0) is 19.6 Å². The van der Waals surface area contributed by atoms with Gasteiger partial charge in [-0.15, -0.1) is 0 Å². The summed E-state index contributed by atoms with van der Waals surface area (Å²) in [6.45, 7) is 11.6. The molecule has 0 spiro atoms. The minimum absolute atomic E-state index is 0.245. The van der Waals surface area contributed by atoms with E-state index in [4.69, 9.17) is 4.74 Å². The third kappa shape index (κ3) is 6.10. The van der Waals surface area contributed by atoms with Crippen LogP contribution in [0.3, 0.4) is 0 Å². The van der Waals surface area contributed by atoms with E-state index < -0.39 is 10.0 Å². The van der Waals surface area contributed by atoms with Crippen LogP contribution in [0.4, 0.5) is 5.69 Å². The van der Waals surface area contributed by atoms with Gasteiger partial charge in [0.25, 0.3) is 0 Å². The Labute approximate surface area is 173 Å². The van der Waals surface area contributed by atoms with E-state index in [0.717, 1.165) is 58.9 Å². The number of rotatable bonds is 8. The van der Waals surface area contributed by atoms with Gasteiger partial charge in [-0.05, 0) is 49.9 Å². The SMILES string of the molecule is C=CC(=O)Nc1ccc(S(=O)(=O)N2CCN(CCCN3CCOCC3)CC2)cc1. The second-order valence-electron chi connectivity index (χ2n) is 7.27. The molecule has 8 nitrogen and oxygen atoms in total. The molecule has 2 heterocycles. The average Bonchev–Trinajstić information content (AvgIpc) is 2.75. The molecular formula is C20H30N4O4S. The molecule has 0 aromatic heterocycles. The second-order valence-corrected chi connectivity index (χ2v) is 9.21. The van der Waals surface area contributed by atoms with Crippen LogP contribution in [0.2, 0.25) is 0 Å². The zero-order valence-electron chi connectivity index (χ0n) is 16.8. The standard InChI is InChI=1S/C20H30N4O4S/c1-2-20(25)21-18-4-6-19(7-5-18)29(26,27)24-12-10-22(11-13-24)8-3-9-23-14-16-28-17-15-23/h2,4-7H,1,3,8-17H2,(H,21,25). The number of nitrogens with zero attached hydrogens (tertiary/aromatic N) is 3. The molecule has 0 aliphatic carbocycles. The van der Waals surface area contributed by atoms with Crippen molar-refractivity contribution < 1.29 is 17.9 Å². The summed E-state index contributed by atoms with van der Waals surface area (Å²) in [5.74, 6) is -0.328. The van der Waals surface area contributed by atoms with Crippen molar-refractivity contribution in [2.75, 3.05) is 70.9 Å². The molecule has 160 valence electrons. The van der Waals surface area contributed by atoms with Crippen molar-refractivity contribution in [3.05, 3.63) is 36.9 Å². The van der Waals surface area contributed by atoms with E-state index in [1.807, 2.05) is 0 Å². The fourth-order valence-corrected chi connectivity index (χ4v) is 5.01. The number of carbonyl (C=O) groups excluding carboxylic acids is 1. The summed E-state index contributed by atoms with van der Waals surface area (Å²) in [5.41, 5.74) is 0.541. The normalized spacial score (nSPS) is 19.7. The summed E-state index contributed by atoms with van der Waals surface area (Å²) in [4.78, 5) is 16.3. The van der Waals surface area contributed by atoms with Gasteiger partial charge in [-0.1, -0.05) is 6.58 Å². The quantitative estimate of drug-likeness (QED) is 0.626. The molecule has 0 atom stereocenters. The molecule has 2 fully saturated rings. The van der Waals surface area contributed by atoms with Crippen LogP contribution >= 0.6 is 0 Å². The fraction of sp³-hybridized carbons (Fsp3) is 0.550. The van der Waals surface area contributed by atoms with Gasteiger partial charge in [-0.25, -0.2) is 8.42 Å². The molecule has 3 rings (SSSR count). The Balaban J connectivity index is 1.46. The minimum Gasteiger partial charge on any atom is -0.379 e. The molecule has 1 amide bonds. The van der Waals surface area contributed by atoms with Crippen LogP contribution < -0.4 is 5.32 Å². The summed E-state index contributed by atoms with van der Waals surface area (Å²) < 4.78 is 32.7. The molecular weight excluding hydrogens is 392 g/mol. The first-order valence-corrected chi connectivity index (χ1v) is 11.5. The van der Waals surface area contributed by atoms with Gasteiger partial charge in [0.1, 0.15) is 0 Å². The first-order valence-electron chi connectivity index (χ1n) is 10.0. The molecule has 29 heavy (non-hydrogen) atoms. The van der Waals surface area contributed by atoms with Crippen molar-refractivity contribution in [1.82, 2.24) is 14.1 Å². The topological polar surface area (TPSA) is 82.2 Å². The van der Waals surface area contributed by atoms with Crippen molar-refractivity contribution in [2.24, 2.45) is 0 Å². The van der Waals surface area contributed by atoms with Crippen LogP contribution in [-0.4, -0.2) is 94.0 Å². The Morgan fingerprint density at radius 1 is 1.00 bits per heavy atom. The molecule has 9 heteroatoms. The van der Waals surface area contributed by atoms with Gasteiger partial charge >= 0.3 is 0 Å². The minimum atomic E-state index is -3.52.